The summed E-state index contributed by atoms with van der Waals surface area (Å²) in [6.07, 6.45) is 3.62. The van der Waals surface area contributed by atoms with Crippen molar-refractivity contribution in [3.8, 4) is 5.75 Å². The summed E-state index contributed by atoms with van der Waals surface area (Å²) < 4.78 is 30.3. The zero-order valence-corrected chi connectivity index (χ0v) is 18.6. The van der Waals surface area contributed by atoms with Gasteiger partial charge in [-0.25, -0.2) is 8.42 Å². The Morgan fingerprint density at radius 3 is 2.27 bits per heavy atom. The number of ether oxygens (including phenoxy) is 1. The van der Waals surface area contributed by atoms with Crippen molar-refractivity contribution in [3.63, 3.8) is 0 Å². The molecule has 0 saturated carbocycles. The number of nitrogens with zero attached hydrogens (tertiary/aromatic N) is 2. The Kier molecular flexibility index (Phi) is 7.02. The fourth-order valence-corrected chi connectivity index (χ4v) is 4.25. The Bertz CT molecular complexity index is 937. The Hall–Kier alpha value is -2.54. The third kappa shape index (κ3) is 5.75. The maximum Gasteiger partial charge on any atom is 0.263 e. The van der Waals surface area contributed by atoms with Crippen molar-refractivity contribution in [1.82, 2.24) is 4.90 Å². The molecule has 6 nitrogen and oxygen atoms in total. The summed E-state index contributed by atoms with van der Waals surface area (Å²) in [6.45, 7) is 3.26. The molecule has 1 atom stereocenters. The lowest BCUT2D eigenvalue weighted by molar-refractivity contribution is -0.139. The van der Waals surface area contributed by atoms with E-state index in [1.165, 1.54) is 16.9 Å². The number of carbonyl (C=O) groups is 1. The van der Waals surface area contributed by atoms with Gasteiger partial charge in [-0.2, -0.15) is 0 Å². The number of piperidine rings is 1. The smallest absolute Gasteiger partial charge is 0.263 e. The highest BCUT2D eigenvalue weighted by molar-refractivity contribution is 7.92. The van der Waals surface area contributed by atoms with Crippen LogP contribution < -0.4 is 9.04 Å². The first kappa shape index (κ1) is 22.2. The number of hydrogen-bond donors (Lipinski definition) is 0. The van der Waals surface area contributed by atoms with E-state index in [0.717, 1.165) is 38.6 Å². The highest BCUT2D eigenvalue weighted by Gasteiger charge is 2.27. The summed E-state index contributed by atoms with van der Waals surface area (Å²) in [5, 5.41) is 0. The van der Waals surface area contributed by atoms with E-state index in [0.29, 0.717) is 17.4 Å². The van der Waals surface area contributed by atoms with Gasteiger partial charge in [0.05, 0.1) is 11.9 Å². The molecule has 2 aromatic carbocycles. The van der Waals surface area contributed by atoms with Crippen molar-refractivity contribution >= 4 is 21.6 Å². The normalized spacial score (nSPS) is 16.2. The van der Waals surface area contributed by atoms with Gasteiger partial charge in [0.1, 0.15) is 5.75 Å². The van der Waals surface area contributed by atoms with Crippen LogP contribution in [0, 0.1) is 5.92 Å². The zero-order valence-electron chi connectivity index (χ0n) is 17.8. The van der Waals surface area contributed by atoms with Crippen molar-refractivity contribution in [2.45, 2.75) is 32.3 Å². The monoisotopic (exact) mass is 430 g/mol. The second kappa shape index (κ2) is 9.51. The lowest BCUT2D eigenvalue weighted by atomic mass is 9.90. The van der Waals surface area contributed by atoms with Crippen molar-refractivity contribution in [3.05, 3.63) is 60.2 Å². The van der Waals surface area contributed by atoms with E-state index in [1.54, 1.807) is 31.2 Å². The first-order chi connectivity index (χ1) is 14.2. The molecule has 1 unspecified atom stereocenters. The van der Waals surface area contributed by atoms with Gasteiger partial charge in [-0.1, -0.05) is 30.3 Å². The van der Waals surface area contributed by atoms with E-state index in [4.69, 9.17) is 4.74 Å². The fraction of sp³-hybridized carbons (Fsp3) is 0.435. The molecule has 30 heavy (non-hydrogen) atoms. The van der Waals surface area contributed by atoms with Gasteiger partial charge in [0.2, 0.25) is 10.0 Å². The average Bonchev–Trinajstić information content (AvgIpc) is 2.74. The van der Waals surface area contributed by atoms with Crippen LogP contribution in [0.3, 0.4) is 0 Å². The van der Waals surface area contributed by atoms with E-state index in [9.17, 15) is 13.2 Å². The van der Waals surface area contributed by atoms with Crippen molar-refractivity contribution < 1.29 is 17.9 Å². The summed E-state index contributed by atoms with van der Waals surface area (Å²) in [6, 6.07) is 17.2. The lowest BCUT2D eigenvalue weighted by Crippen LogP contribution is -2.45. The highest BCUT2D eigenvalue weighted by atomic mass is 32.2. The topological polar surface area (TPSA) is 66.9 Å². The quantitative estimate of drug-likeness (QED) is 0.676. The number of hydrogen-bond acceptors (Lipinski definition) is 4. The molecule has 0 radical (unpaired) electrons. The second-order valence-electron chi connectivity index (χ2n) is 7.94. The molecule has 2 aromatic rings. The molecular formula is C23H30N2O4S. The van der Waals surface area contributed by atoms with Crippen LogP contribution in [-0.2, 0) is 21.2 Å². The number of benzene rings is 2. The molecular weight excluding hydrogens is 400 g/mol. The van der Waals surface area contributed by atoms with Gasteiger partial charge in [-0.05, 0) is 61.9 Å². The van der Waals surface area contributed by atoms with E-state index in [1.807, 2.05) is 11.0 Å². The molecule has 0 N–H and O–H groups in total. The molecule has 0 spiro atoms. The standard InChI is InChI=1S/C23H30N2O4S/c1-18(29-22-11-9-21(10-12-22)24(2)30(3,27)28)23(26)25-15-13-20(14-16-25)17-19-7-5-4-6-8-19/h4-12,18,20H,13-17H2,1-3H3. The summed E-state index contributed by atoms with van der Waals surface area (Å²) in [4.78, 5) is 14.7. The Labute approximate surface area is 179 Å². The number of sulfonamides is 1. The first-order valence-electron chi connectivity index (χ1n) is 10.3. The number of likely N-dealkylation sites (tertiary alicyclic amines) is 1. The van der Waals surface area contributed by atoms with Gasteiger partial charge in [0.15, 0.2) is 6.10 Å². The van der Waals surface area contributed by atoms with Gasteiger partial charge in [0, 0.05) is 20.1 Å². The van der Waals surface area contributed by atoms with Crippen molar-refractivity contribution in [2.75, 3.05) is 30.7 Å². The van der Waals surface area contributed by atoms with Crippen LogP contribution in [0.4, 0.5) is 5.69 Å². The van der Waals surface area contributed by atoms with Crippen LogP contribution >= 0.6 is 0 Å². The van der Waals surface area contributed by atoms with Crippen molar-refractivity contribution in [2.24, 2.45) is 5.92 Å². The van der Waals surface area contributed by atoms with Gasteiger partial charge in [-0.15, -0.1) is 0 Å². The molecule has 0 aromatic heterocycles. The van der Waals surface area contributed by atoms with Crippen LogP contribution in [0.25, 0.3) is 0 Å². The summed E-state index contributed by atoms with van der Waals surface area (Å²) in [5.74, 6) is 1.14. The van der Waals surface area contributed by atoms with Crippen LogP contribution in [0.5, 0.6) is 5.75 Å². The lowest BCUT2D eigenvalue weighted by Gasteiger charge is -2.33. The molecule has 1 heterocycles. The minimum Gasteiger partial charge on any atom is -0.481 e. The Morgan fingerprint density at radius 1 is 1.10 bits per heavy atom. The molecule has 1 amide bonds. The van der Waals surface area contributed by atoms with Gasteiger partial charge >= 0.3 is 0 Å². The Balaban J connectivity index is 1.50. The molecule has 1 aliphatic heterocycles. The average molecular weight is 431 g/mol. The third-order valence-electron chi connectivity index (χ3n) is 5.65. The molecule has 0 aliphatic carbocycles. The maximum absolute atomic E-state index is 12.8. The van der Waals surface area contributed by atoms with Gasteiger partial charge < -0.3 is 9.64 Å². The molecule has 162 valence electrons. The molecule has 3 rings (SSSR count). The van der Waals surface area contributed by atoms with Crippen LogP contribution in [0.1, 0.15) is 25.3 Å². The fourth-order valence-electron chi connectivity index (χ4n) is 3.74. The second-order valence-corrected chi connectivity index (χ2v) is 9.96. The number of carbonyl (C=O) groups excluding carboxylic acids is 1. The molecule has 1 saturated heterocycles. The summed E-state index contributed by atoms with van der Waals surface area (Å²) in [7, 11) is -1.81. The van der Waals surface area contributed by atoms with E-state index in [-0.39, 0.29) is 5.91 Å². The van der Waals surface area contributed by atoms with Crippen LogP contribution in [-0.4, -0.2) is 51.7 Å². The minimum absolute atomic E-state index is 0.00880. The molecule has 0 bridgehead atoms. The summed E-state index contributed by atoms with van der Waals surface area (Å²) >= 11 is 0. The molecule has 7 heteroatoms. The van der Waals surface area contributed by atoms with E-state index >= 15 is 0 Å². The number of rotatable bonds is 7. The Morgan fingerprint density at radius 2 is 1.70 bits per heavy atom. The number of amides is 1. The van der Waals surface area contributed by atoms with Gasteiger partial charge in [0.25, 0.3) is 5.91 Å². The predicted molar refractivity (Wildman–Crippen MR) is 119 cm³/mol. The largest absolute Gasteiger partial charge is 0.481 e. The minimum atomic E-state index is -3.31. The molecule has 1 aliphatic rings. The zero-order chi connectivity index (χ0) is 21.7. The van der Waals surface area contributed by atoms with E-state index in [2.05, 4.69) is 24.3 Å². The molecule has 1 fully saturated rings. The first-order valence-corrected chi connectivity index (χ1v) is 12.1. The van der Waals surface area contributed by atoms with Gasteiger partial charge in [-0.3, -0.25) is 9.10 Å². The maximum atomic E-state index is 12.8. The van der Waals surface area contributed by atoms with Crippen LogP contribution in [0.2, 0.25) is 0 Å². The summed E-state index contributed by atoms with van der Waals surface area (Å²) in [5.41, 5.74) is 1.90. The highest BCUT2D eigenvalue weighted by Crippen LogP contribution is 2.24. The predicted octanol–water partition coefficient (Wildman–Crippen LogP) is 3.33. The van der Waals surface area contributed by atoms with E-state index < -0.39 is 16.1 Å². The van der Waals surface area contributed by atoms with Crippen molar-refractivity contribution in [1.29, 1.82) is 0 Å². The van der Waals surface area contributed by atoms with Crippen LogP contribution in [0.15, 0.2) is 54.6 Å². The number of anilines is 1. The third-order valence-corrected chi connectivity index (χ3v) is 6.86. The SMILES string of the molecule is CC(Oc1ccc(N(C)S(C)(=O)=O)cc1)C(=O)N1CCC(Cc2ccccc2)CC1.